The van der Waals surface area contributed by atoms with Gasteiger partial charge in [0.25, 0.3) is 0 Å². The zero-order valence-electron chi connectivity index (χ0n) is 10.5. The Morgan fingerprint density at radius 1 is 1.21 bits per heavy atom. The Labute approximate surface area is 122 Å². The molecule has 6 heteroatoms. The zero-order chi connectivity index (χ0) is 13.8. The van der Waals surface area contributed by atoms with Crippen LogP contribution in [-0.4, -0.2) is 16.5 Å². The summed E-state index contributed by atoms with van der Waals surface area (Å²) in [6.45, 7) is 3.48. The topological polar surface area (TPSA) is 55.0 Å². The van der Waals surface area contributed by atoms with Gasteiger partial charge < -0.3 is 10.6 Å². The number of nitrogen functional groups attached to an aromatic ring is 1. The molecule has 0 aliphatic rings. The van der Waals surface area contributed by atoms with Crippen molar-refractivity contribution < 1.29 is 0 Å². The van der Waals surface area contributed by atoms with Crippen LogP contribution in [0.15, 0.2) is 30.6 Å². The van der Waals surface area contributed by atoms with Crippen molar-refractivity contribution in [3.63, 3.8) is 0 Å². The first-order valence-corrected chi connectivity index (χ1v) is 6.62. The van der Waals surface area contributed by atoms with Gasteiger partial charge in [0.05, 0.1) is 10.0 Å². The Kier molecular flexibility index (Phi) is 4.45. The third kappa shape index (κ3) is 3.28. The zero-order valence-corrected chi connectivity index (χ0v) is 12.0. The predicted molar refractivity (Wildman–Crippen MR) is 79.6 cm³/mol. The standard InChI is InChI=1S/C13H14Cl2N4/c1-2-19(8-9-3-5-17-6-4-9)13-11(15)7-10(14)12(16)18-13/h3-7H,2,8H2,1H3,(H2,16,18). The lowest BCUT2D eigenvalue weighted by Gasteiger charge is -2.23. The highest BCUT2D eigenvalue weighted by Gasteiger charge is 2.13. The van der Waals surface area contributed by atoms with Crippen molar-refractivity contribution in [2.24, 2.45) is 0 Å². The van der Waals surface area contributed by atoms with Gasteiger partial charge in [-0.2, -0.15) is 0 Å². The van der Waals surface area contributed by atoms with Gasteiger partial charge in [0.1, 0.15) is 11.6 Å². The van der Waals surface area contributed by atoms with E-state index in [2.05, 4.69) is 9.97 Å². The van der Waals surface area contributed by atoms with Crippen LogP contribution in [0.4, 0.5) is 11.6 Å². The Bertz CT molecular complexity index is 560. The molecule has 0 bridgehead atoms. The van der Waals surface area contributed by atoms with Gasteiger partial charge in [-0.25, -0.2) is 4.98 Å². The molecule has 0 amide bonds. The molecule has 0 fully saturated rings. The number of pyridine rings is 2. The number of aromatic nitrogens is 2. The predicted octanol–water partition coefficient (Wildman–Crippen LogP) is 3.39. The first-order valence-electron chi connectivity index (χ1n) is 5.87. The van der Waals surface area contributed by atoms with E-state index in [-0.39, 0.29) is 5.82 Å². The van der Waals surface area contributed by atoms with Crippen LogP contribution in [0.3, 0.4) is 0 Å². The summed E-state index contributed by atoms with van der Waals surface area (Å²) in [6, 6.07) is 5.53. The summed E-state index contributed by atoms with van der Waals surface area (Å²) in [7, 11) is 0. The summed E-state index contributed by atoms with van der Waals surface area (Å²) >= 11 is 12.1. The lowest BCUT2D eigenvalue weighted by atomic mass is 10.2. The van der Waals surface area contributed by atoms with E-state index >= 15 is 0 Å². The van der Waals surface area contributed by atoms with Crippen molar-refractivity contribution in [2.75, 3.05) is 17.2 Å². The molecule has 0 aliphatic carbocycles. The Morgan fingerprint density at radius 3 is 2.53 bits per heavy atom. The number of hydrogen-bond acceptors (Lipinski definition) is 4. The highest BCUT2D eigenvalue weighted by molar-refractivity contribution is 6.37. The van der Waals surface area contributed by atoms with Crippen LogP contribution >= 0.6 is 23.2 Å². The average Bonchev–Trinajstić information content (AvgIpc) is 2.42. The quantitative estimate of drug-likeness (QED) is 0.939. The van der Waals surface area contributed by atoms with Gasteiger partial charge in [-0.15, -0.1) is 0 Å². The molecule has 0 saturated heterocycles. The summed E-state index contributed by atoms with van der Waals surface area (Å²) in [5, 5.41) is 0.865. The van der Waals surface area contributed by atoms with Crippen molar-refractivity contribution in [1.82, 2.24) is 9.97 Å². The Balaban J connectivity index is 2.30. The van der Waals surface area contributed by atoms with Gasteiger partial charge in [-0.3, -0.25) is 4.98 Å². The van der Waals surface area contributed by atoms with Crippen LogP contribution in [0.2, 0.25) is 10.0 Å². The van der Waals surface area contributed by atoms with Gasteiger partial charge in [-0.1, -0.05) is 23.2 Å². The summed E-state index contributed by atoms with van der Waals surface area (Å²) in [6.07, 6.45) is 3.52. The highest BCUT2D eigenvalue weighted by atomic mass is 35.5. The molecule has 2 rings (SSSR count). The summed E-state index contributed by atoms with van der Waals surface area (Å²) < 4.78 is 0. The van der Waals surface area contributed by atoms with E-state index in [1.165, 1.54) is 0 Å². The normalized spacial score (nSPS) is 10.5. The fourth-order valence-electron chi connectivity index (χ4n) is 1.74. The second-order valence-electron chi connectivity index (χ2n) is 4.03. The molecule has 0 unspecified atom stereocenters. The van der Waals surface area contributed by atoms with Crippen LogP contribution in [0.25, 0.3) is 0 Å². The maximum absolute atomic E-state index is 6.18. The molecule has 4 nitrogen and oxygen atoms in total. The molecule has 0 aromatic carbocycles. The molecule has 2 N–H and O–H groups in total. The van der Waals surface area contributed by atoms with E-state index < -0.39 is 0 Å². The molecule has 19 heavy (non-hydrogen) atoms. The number of hydrogen-bond donors (Lipinski definition) is 1. The third-order valence-corrected chi connectivity index (χ3v) is 3.32. The van der Waals surface area contributed by atoms with Crippen molar-refractivity contribution in [3.05, 3.63) is 46.2 Å². The first-order chi connectivity index (χ1) is 9.11. The highest BCUT2D eigenvalue weighted by Crippen LogP contribution is 2.30. The van der Waals surface area contributed by atoms with Crippen molar-refractivity contribution in [3.8, 4) is 0 Å². The van der Waals surface area contributed by atoms with Gasteiger partial charge in [0.15, 0.2) is 0 Å². The van der Waals surface area contributed by atoms with Crippen molar-refractivity contribution in [2.45, 2.75) is 13.5 Å². The number of rotatable bonds is 4. The van der Waals surface area contributed by atoms with E-state index in [1.54, 1.807) is 18.5 Å². The smallest absolute Gasteiger partial charge is 0.150 e. The molecule has 2 aromatic rings. The molecule has 2 aromatic heterocycles. The number of halogens is 2. The Hall–Kier alpha value is -1.52. The second kappa shape index (κ2) is 6.08. The number of nitrogens with zero attached hydrogens (tertiary/aromatic N) is 3. The molecule has 0 saturated carbocycles. The monoisotopic (exact) mass is 296 g/mol. The fourth-order valence-corrected chi connectivity index (χ4v) is 2.22. The van der Waals surface area contributed by atoms with E-state index in [0.717, 1.165) is 12.1 Å². The van der Waals surface area contributed by atoms with Crippen LogP contribution in [0.1, 0.15) is 12.5 Å². The maximum atomic E-state index is 6.18. The SMILES string of the molecule is CCN(Cc1ccncc1)c1nc(N)c(Cl)cc1Cl. The van der Waals surface area contributed by atoms with Gasteiger partial charge in [0.2, 0.25) is 0 Å². The number of anilines is 2. The number of nitrogens with two attached hydrogens (primary N) is 1. The fraction of sp³-hybridized carbons (Fsp3) is 0.231. The molecular weight excluding hydrogens is 283 g/mol. The van der Waals surface area contributed by atoms with Crippen molar-refractivity contribution >= 4 is 34.8 Å². The molecule has 2 heterocycles. The largest absolute Gasteiger partial charge is 0.382 e. The van der Waals surface area contributed by atoms with Gasteiger partial charge >= 0.3 is 0 Å². The first kappa shape index (κ1) is 13.9. The minimum Gasteiger partial charge on any atom is -0.382 e. The van der Waals surface area contributed by atoms with Crippen LogP contribution in [-0.2, 0) is 6.54 Å². The third-order valence-electron chi connectivity index (χ3n) is 2.74. The summed E-state index contributed by atoms with van der Waals surface area (Å²) in [5.41, 5.74) is 6.87. The average molecular weight is 297 g/mol. The molecule has 0 aliphatic heterocycles. The van der Waals surface area contributed by atoms with Gasteiger partial charge in [0, 0.05) is 25.5 Å². The molecule has 100 valence electrons. The van der Waals surface area contributed by atoms with Crippen LogP contribution in [0.5, 0.6) is 0 Å². The summed E-state index contributed by atoms with van der Waals surface area (Å²) in [5.74, 6) is 0.928. The lowest BCUT2D eigenvalue weighted by molar-refractivity contribution is 0.813. The van der Waals surface area contributed by atoms with Crippen LogP contribution < -0.4 is 10.6 Å². The molecule has 0 atom stereocenters. The van der Waals surface area contributed by atoms with E-state index in [4.69, 9.17) is 28.9 Å². The minimum atomic E-state index is 0.286. The maximum Gasteiger partial charge on any atom is 0.150 e. The summed E-state index contributed by atoms with van der Waals surface area (Å²) in [4.78, 5) is 10.3. The van der Waals surface area contributed by atoms with Gasteiger partial charge in [-0.05, 0) is 30.7 Å². The Morgan fingerprint density at radius 2 is 1.89 bits per heavy atom. The molecule has 0 spiro atoms. The lowest BCUT2D eigenvalue weighted by Crippen LogP contribution is -2.23. The van der Waals surface area contributed by atoms with Crippen LogP contribution in [0, 0.1) is 0 Å². The molecular formula is C13H14Cl2N4. The van der Waals surface area contributed by atoms with E-state index in [0.29, 0.717) is 22.4 Å². The van der Waals surface area contributed by atoms with Crippen molar-refractivity contribution in [1.29, 1.82) is 0 Å². The van der Waals surface area contributed by atoms with E-state index in [9.17, 15) is 0 Å². The second-order valence-corrected chi connectivity index (χ2v) is 4.84. The molecule has 0 radical (unpaired) electrons. The van der Waals surface area contributed by atoms with E-state index in [1.807, 2.05) is 24.0 Å². The minimum absolute atomic E-state index is 0.286.